The molecule has 0 saturated carbocycles. The Morgan fingerprint density at radius 1 is 0.957 bits per heavy atom. The van der Waals surface area contributed by atoms with Gasteiger partial charge in [0.15, 0.2) is 0 Å². The fraction of sp³-hybridized carbons (Fsp3) is 0.429. The largest absolute Gasteiger partial charge is 0.310 e. The molecule has 122 valence electrons. The van der Waals surface area contributed by atoms with Crippen molar-refractivity contribution in [3.8, 4) is 0 Å². The molecule has 0 radical (unpaired) electrons. The molecular weight excluding hydrogens is 280 g/mol. The first kappa shape index (κ1) is 16.2. The third-order valence-electron chi connectivity index (χ3n) is 4.82. The van der Waals surface area contributed by atoms with Crippen LogP contribution < -0.4 is 5.32 Å². The van der Waals surface area contributed by atoms with E-state index in [2.05, 4.69) is 71.7 Å². The second-order valence-electron chi connectivity index (χ2n) is 6.72. The first-order valence-electron chi connectivity index (χ1n) is 8.85. The number of nitrogens with zero attached hydrogens (tertiary/aromatic N) is 1. The Morgan fingerprint density at radius 3 is 2.43 bits per heavy atom. The van der Waals surface area contributed by atoms with Crippen LogP contribution in [-0.2, 0) is 13.0 Å². The SMILES string of the molecule is Cc1cccc(CNC2CCN(CCc3ccccc3)CC2)c1. The van der Waals surface area contributed by atoms with Crippen LogP contribution >= 0.6 is 0 Å². The van der Waals surface area contributed by atoms with Crippen molar-refractivity contribution in [1.29, 1.82) is 0 Å². The monoisotopic (exact) mass is 308 g/mol. The van der Waals surface area contributed by atoms with E-state index in [0.29, 0.717) is 6.04 Å². The first-order chi connectivity index (χ1) is 11.3. The number of nitrogens with one attached hydrogen (secondary N) is 1. The maximum absolute atomic E-state index is 3.73. The number of benzene rings is 2. The molecule has 0 aromatic heterocycles. The van der Waals surface area contributed by atoms with Gasteiger partial charge in [0, 0.05) is 19.1 Å². The maximum Gasteiger partial charge on any atom is 0.0208 e. The molecule has 3 rings (SSSR count). The fourth-order valence-corrected chi connectivity index (χ4v) is 3.38. The predicted octanol–water partition coefficient (Wildman–Crippen LogP) is 3.79. The van der Waals surface area contributed by atoms with Crippen molar-refractivity contribution in [3.05, 3.63) is 71.3 Å². The van der Waals surface area contributed by atoms with Crippen LogP contribution in [0.5, 0.6) is 0 Å². The topological polar surface area (TPSA) is 15.3 Å². The van der Waals surface area contributed by atoms with Crippen LogP contribution in [0.25, 0.3) is 0 Å². The Labute approximate surface area is 140 Å². The van der Waals surface area contributed by atoms with Crippen LogP contribution in [0.2, 0.25) is 0 Å². The second-order valence-corrected chi connectivity index (χ2v) is 6.72. The summed E-state index contributed by atoms with van der Waals surface area (Å²) in [5.41, 5.74) is 4.20. The number of aryl methyl sites for hydroxylation is 1. The van der Waals surface area contributed by atoms with Gasteiger partial charge in [-0.25, -0.2) is 0 Å². The van der Waals surface area contributed by atoms with Gasteiger partial charge in [0.1, 0.15) is 0 Å². The summed E-state index contributed by atoms with van der Waals surface area (Å²) in [5, 5.41) is 3.73. The standard InChI is InChI=1S/C21H28N2/c1-18-6-5-9-20(16-18)17-22-21-11-14-23(15-12-21)13-10-19-7-3-2-4-8-19/h2-9,16,21-22H,10-15,17H2,1H3. The van der Waals surface area contributed by atoms with E-state index in [0.717, 1.165) is 6.54 Å². The van der Waals surface area contributed by atoms with Gasteiger partial charge in [-0.05, 0) is 50.4 Å². The predicted molar refractivity (Wildman–Crippen MR) is 97.6 cm³/mol. The molecule has 2 heteroatoms. The molecule has 1 N–H and O–H groups in total. The van der Waals surface area contributed by atoms with Crippen LogP contribution in [-0.4, -0.2) is 30.6 Å². The summed E-state index contributed by atoms with van der Waals surface area (Å²) in [5.74, 6) is 0. The van der Waals surface area contributed by atoms with Crippen molar-refractivity contribution >= 4 is 0 Å². The molecule has 1 saturated heterocycles. The van der Waals surface area contributed by atoms with Crippen molar-refractivity contribution in [2.24, 2.45) is 0 Å². The Kier molecular flexibility index (Phi) is 5.84. The molecule has 0 unspecified atom stereocenters. The van der Waals surface area contributed by atoms with E-state index < -0.39 is 0 Å². The highest BCUT2D eigenvalue weighted by atomic mass is 15.1. The summed E-state index contributed by atoms with van der Waals surface area (Å²) in [6.07, 6.45) is 3.70. The van der Waals surface area contributed by atoms with E-state index in [9.17, 15) is 0 Å². The lowest BCUT2D eigenvalue weighted by molar-refractivity contribution is 0.199. The van der Waals surface area contributed by atoms with E-state index in [1.54, 1.807) is 0 Å². The lowest BCUT2D eigenvalue weighted by atomic mass is 10.0. The number of piperidine rings is 1. The van der Waals surface area contributed by atoms with E-state index in [1.807, 2.05) is 0 Å². The minimum Gasteiger partial charge on any atom is -0.310 e. The summed E-state index contributed by atoms with van der Waals surface area (Å²) < 4.78 is 0. The zero-order valence-electron chi connectivity index (χ0n) is 14.2. The van der Waals surface area contributed by atoms with Gasteiger partial charge < -0.3 is 10.2 Å². The number of rotatable bonds is 6. The van der Waals surface area contributed by atoms with Gasteiger partial charge in [0.2, 0.25) is 0 Å². The summed E-state index contributed by atoms with van der Waals surface area (Å²) in [6.45, 7) is 6.79. The summed E-state index contributed by atoms with van der Waals surface area (Å²) in [4.78, 5) is 2.61. The molecule has 1 fully saturated rings. The van der Waals surface area contributed by atoms with Gasteiger partial charge in [-0.1, -0.05) is 60.2 Å². The van der Waals surface area contributed by atoms with Crippen molar-refractivity contribution in [3.63, 3.8) is 0 Å². The molecule has 1 aliphatic rings. The molecule has 1 heterocycles. The Hall–Kier alpha value is -1.64. The lowest BCUT2D eigenvalue weighted by Gasteiger charge is -2.32. The van der Waals surface area contributed by atoms with Crippen LogP contribution in [0.1, 0.15) is 29.5 Å². The van der Waals surface area contributed by atoms with Crippen molar-refractivity contribution in [2.45, 2.75) is 38.8 Å². The molecule has 0 bridgehead atoms. The third-order valence-corrected chi connectivity index (χ3v) is 4.82. The highest BCUT2D eigenvalue weighted by Gasteiger charge is 2.18. The molecule has 0 aliphatic carbocycles. The van der Waals surface area contributed by atoms with Gasteiger partial charge in [0.05, 0.1) is 0 Å². The van der Waals surface area contributed by atoms with Crippen molar-refractivity contribution in [1.82, 2.24) is 10.2 Å². The van der Waals surface area contributed by atoms with Gasteiger partial charge in [-0.3, -0.25) is 0 Å². The third kappa shape index (κ3) is 5.19. The van der Waals surface area contributed by atoms with Crippen LogP contribution in [0.15, 0.2) is 54.6 Å². The molecule has 0 spiro atoms. The average Bonchev–Trinajstić information content (AvgIpc) is 2.60. The maximum atomic E-state index is 3.73. The summed E-state index contributed by atoms with van der Waals surface area (Å²) in [6, 6.07) is 20.3. The number of likely N-dealkylation sites (tertiary alicyclic amines) is 1. The minimum absolute atomic E-state index is 0.670. The molecule has 1 aliphatic heterocycles. The van der Waals surface area contributed by atoms with Crippen LogP contribution in [0.4, 0.5) is 0 Å². The average molecular weight is 308 g/mol. The molecular formula is C21H28N2. The quantitative estimate of drug-likeness (QED) is 0.873. The van der Waals surface area contributed by atoms with E-state index in [1.165, 1.54) is 55.6 Å². The Morgan fingerprint density at radius 2 is 1.70 bits per heavy atom. The highest BCUT2D eigenvalue weighted by Crippen LogP contribution is 2.13. The van der Waals surface area contributed by atoms with Crippen LogP contribution in [0, 0.1) is 6.92 Å². The fourth-order valence-electron chi connectivity index (χ4n) is 3.38. The zero-order chi connectivity index (χ0) is 15.9. The second kappa shape index (κ2) is 8.28. The highest BCUT2D eigenvalue weighted by molar-refractivity contribution is 5.22. The summed E-state index contributed by atoms with van der Waals surface area (Å²) >= 11 is 0. The van der Waals surface area contributed by atoms with Crippen molar-refractivity contribution < 1.29 is 0 Å². The molecule has 2 aromatic rings. The Bertz CT molecular complexity index is 586. The molecule has 23 heavy (non-hydrogen) atoms. The van der Waals surface area contributed by atoms with Gasteiger partial charge >= 0.3 is 0 Å². The number of hydrogen-bond acceptors (Lipinski definition) is 2. The smallest absolute Gasteiger partial charge is 0.0208 e. The summed E-state index contributed by atoms with van der Waals surface area (Å²) in [7, 11) is 0. The van der Waals surface area contributed by atoms with Gasteiger partial charge in [-0.15, -0.1) is 0 Å². The van der Waals surface area contributed by atoms with Crippen molar-refractivity contribution in [2.75, 3.05) is 19.6 Å². The molecule has 2 nitrogen and oxygen atoms in total. The van der Waals surface area contributed by atoms with Gasteiger partial charge in [-0.2, -0.15) is 0 Å². The van der Waals surface area contributed by atoms with E-state index in [-0.39, 0.29) is 0 Å². The molecule has 0 atom stereocenters. The first-order valence-corrected chi connectivity index (χ1v) is 8.85. The van der Waals surface area contributed by atoms with E-state index >= 15 is 0 Å². The molecule has 0 amide bonds. The molecule has 2 aromatic carbocycles. The normalized spacial score (nSPS) is 16.6. The lowest BCUT2D eigenvalue weighted by Crippen LogP contribution is -2.42. The number of hydrogen-bond donors (Lipinski definition) is 1. The van der Waals surface area contributed by atoms with Crippen LogP contribution in [0.3, 0.4) is 0 Å². The zero-order valence-corrected chi connectivity index (χ0v) is 14.2. The van der Waals surface area contributed by atoms with Gasteiger partial charge in [0.25, 0.3) is 0 Å². The van der Waals surface area contributed by atoms with E-state index in [4.69, 9.17) is 0 Å². The Balaban J connectivity index is 1.37. The minimum atomic E-state index is 0.670.